The van der Waals surface area contributed by atoms with Crippen LogP contribution < -0.4 is 9.79 Å². The molecule has 12 heteroatoms. The Labute approximate surface area is 308 Å². The zero-order valence-corrected chi connectivity index (χ0v) is 36.7. The quantitative estimate of drug-likeness (QED) is 0.0374. The van der Waals surface area contributed by atoms with Crippen molar-refractivity contribution >= 4 is 67.6 Å². The second kappa shape index (κ2) is 41.9. The molecule has 0 radical (unpaired) electrons. The molecule has 44 heavy (non-hydrogen) atoms. The summed E-state index contributed by atoms with van der Waals surface area (Å²) in [7, 11) is 4.09. The van der Waals surface area contributed by atoms with Crippen LogP contribution in [-0.4, -0.2) is 24.7 Å². The molecule has 0 aliphatic rings. The summed E-state index contributed by atoms with van der Waals surface area (Å²) in [6.45, 7) is 10.0. The molecule has 0 aliphatic carbocycles. The van der Waals surface area contributed by atoms with Gasteiger partial charge in [-0.2, -0.15) is 0 Å². The van der Waals surface area contributed by atoms with Crippen LogP contribution in [0.5, 0.6) is 0 Å². The first kappa shape index (κ1) is 51.1. The normalized spacial score (nSPS) is 13.7. The summed E-state index contributed by atoms with van der Waals surface area (Å²) < 4.78 is 10.8. The van der Waals surface area contributed by atoms with E-state index < -0.39 is 11.4 Å². The molecular weight excluding hydrogens is 767 g/mol. The Bertz CT molecular complexity index is 558. The molecule has 0 rings (SSSR count). The van der Waals surface area contributed by atoms with Crippen molar-refractivity contribution in [1.29, 1.82) is 0 Å². The number of rotatable bonds is 32. The second-order valence-corrected chi connectivity index (χ2v) is 23.6. The standard InChI is InChI=1S/2C16H35O2PS2.Mo.S/c2*1-3-5-7-9-11-13-15-18-19(17,20)21-16-14-12-10-8-6-4-2;;/h2*3-16H2,1-2H3,(H,17,20);;/q;;+2;/p-2. The summed E-state index contributed by atoms with van der Waals surface area (Å²) in [5, 5.41) is 0. The predicted molar refractivity (Wildman–Crippen MR) is 206 cm³/mol. The summed E-state index contributed by atoms with van der Waals surface area (Å²) in [4.78, 5) is 24.1. The van der Waals surface area contributed by atoms with Crippen molar-refractivity contribution in [2.45, 2.75) is 182 Å². The second-order valence-electron chi connectivity index (χ2n) is 11.3. The number of hydrogen-bond acceptors (Lipinski definition) is 9. The third kappa shape index (κ3) is 46.9. The van der Waals surface area contributed by atoms with Gasteiger partial charge in [0.25, 0.3) is 0 Å². The van der Waals surface area contributed by atoms with E-state index in [1.807, 2.05) is 0 Å². The molecule has 0 aromatic rings. The fraction of sp³-hybridized carbons (Fsp3) is 1.00. The molecule has 2 unspecified atom stereocenters. The van der Waals surface area contributed by atoms with E-state index in [2.05, 4.69) is 37.5 Å². The molecule has 266 valence electrons. The summed E-state index contributed by atoms with van der Waals surface area (Å²) in [6.07, 6.45) is 29.7. The van der Waals surface area contributed by atoms with Gasteiger partial charge in [-0.25, -0.2) is 0 Å². The van der Waals surface area contributed by atoms with Gasteiger partial charge in [0.1, 0.15) is 0 Å². The molecule has 0 spiro atoms. The third-order valence-electron chi connectivity index (χ3n) is 6.99. The first-order chi connectivity index (χ1) is 21.2. The third-order valence-corrected chi connectivity index (χ3v) is 15.7. The minimum atomic E-state index is -2.82. The monoisotopic (exact) mass is 836 g/mol. The first-order valence-electron chi connectivity index (χ1n) is 17.6. The van der Waals surface area contributed by atoms with Crippen molar-refractivity contribution in [1.82, 2.24) is 0 Å². The average Bonchev–Trinajstić information content (AvgIpc) is 3.00. The van der Waals surface area contributed by atoms with E-state index in [0.29, 0.717) is 13.2 Å². The van der Waals surface area contributed by atoms with E-state index in [4.69, 9.17) is 32.7 Å². The summed E-state index contributed by atoms with van der Waals surface area (Å²) in [5.41, 5.74) is -5.63. The molecule has 2 atom stereocenters. The van der Waals surface area contributed by atoms with Gasteiger partial charge in [-0.05, 0) is 37.2 Å². The Morgan fingerprint density at radius 2 is 0.659 bits per heavy atom. The Morgan fingerprint density at radius 1 is 0.432 bits per heavy atom. The van der Waals surface area contributed by atoms with Crippen LogP contribution in [0, 0.1) is 0 Å². The first-order valence-corrected chi connectivity index (χ1v) is 28.9. The van der Waals surface area contributed by atoms with Crippen LogP contribution in [0.1, 0.15) is 182 Å². The minimum absolute atomic E-state index is 0.566. The summed E-state index contributed by atoms with van der Waals surface area (Å²) >= 11 is 14.4. The SMILES string of the molecule is CCCCCCCCOP([O-])(=S)SCCCCCCCC.CCCCCCCCOP([O-])(=S)SCCCCCCCC.[S]=[Mo+2]. The topological polar surface area (TPSA) is 64.6 Å². The molecule has 0 fully saturated rings. The zero-order valence-electron chi connectivity index (χ0n) is 28.8. The van der Waals surface area contributed by atoms with Crippen LogP contribution in [0.2, 0.25) is 0 Å². The van der Waals surface area contributed by atoms with Gasteiger partial charge < -0.3 is 18.8 Å². The van der Waals surface area contributed by atoms with Crippen LogP contribution >= 0.6 is 44.0 Å². The Morgan fingerprint density at radius 3 is 0.932 bits per heavy atom. The fourth-order valence-electron chi connectivity index (χ4n) is 4.31. The van der Waals surface area contributed by atoms with Gasteiger partial charge >= 0.3 is 27.8 Å². The van der Waals surface area contributed by atoms with Crippen LogP contribution in [0.15, 0.2) is 0 Å². The number of unbranched alkanes of at least 4 members (excludes halogenated alkanes) is 20. The van der Waals surface area contributed by atoms with Gasteiger partial charge in [0, 0.05) is 11.4 Å². The van der Waals surface area contributed by atoms with Gasteiger partial charge in [0.15, 0.2) is 0 Å². The van der Waals surface area contributed by atoms with Crippen molar-refractivity contribution in [3.05, 3.63) is 0 Å². The van der Waals surface area contributed by atoms with Crippen LogP contribution in [-0.2, 0) is 50.7 Å². The van der Waals surface area contributed by atoms with Crippen molar-refractivity contribution < 1.29 is 36.8 Å². The zero-order chi connectivity index (χ0) is 33.6. The van der Waals surface area contributed by atoms with Crippen molar-refractivity contribution in [2.24, 2.45) is 0 Å². The molecule has 0 heterocycles. The van der Waals surface area contributed by atoms with Gasteiger partial charge in [-0.3, -0.25) is 0 Å². The van der Waals surface area contributed by atoms with E-state index in [9.17, 15) is 9.79 Å². The van der Waals surface area contributed by atoms with Crippen LogP contribution in [0.3, 0.4) is 0 Å². The Balaban J connectivity index is -0.000000723. The molecule has 0 aliphatic heterocycles. The van der Waals surface area contributed by atoms with E-state index >= 15 is 0 Å². The number of hydrogen-bond donors (Lipinski definition) is 0. The molecule has 0 amide bonds. The average molecular weight is 835 g/mol. The van der Waals surface area contributed by atoms with Crippen molar-refractivity contribution in [2.75, 3.05) is 24.7 Å². The van der Waals surface area contributed by atoms with E-state index in [0.717, 1.165) is 50.0 Å². The molecule has 0 saturated carbocycles. The summed E-state index contributed by atoms with van der Waals surface area (Å²) in [6, 6.07) is 0. The van der Waals surface area contributed by atoms with Crippen molar-refractivity contribution in [3.8, 4) is 0 Å². The molecule has 4 nitrogen and oxygen atoms in total. The van der Waals surface area contributed by atoms with Gasteiger partial charge in [0.2, 0.25) is 0 Å². The van der Waals surface area contributed by atoms with Gasteiger partial charge in [-0.15, -0.1) is 22.8 Å². The molecule has 0 saturated heterocycles. The van der Waals surface area contributed by atoms with E-state index in [1.165, 1.54) is 156 Å². The summed E-state index contributed by atoms with van der Waals surface area (Å²) in [5.74, 6) is 1.76. The van der Waals surface area contributed by atoms with Gasteiger partial charge in [-0.1, -0.05) is 180 Å². The molecule has 0 aromatic heterocycles. The van der Waals surface area contributed by atoms with Crippen LogP contribution in [0.4, 0.5) is 0 Å². The fourth-order valence-corrected chi connectivity index (χ4v) is 11.1. The molecular formula is C32H68MoO4P2S5. The Kier molecular flexibility index (Phi) is 48.7. The van der Waals surface area contributed by atoms with E-state index in [-0.39, 0.29) is 0 Å². The molecule has 0 N–H and O–H groups in total. The molecule has 0 aromatic carbocycles. The van der Waals surface area contributed by atoms with Gasteiger partial charge in [0.05, 0.1) is 13.2 Å². The maximum absolute atomic E-state index is 12.0. The van der Waals surface area contributed by atoms with E-state index in [1.54, 1.807) is 0 Å². The maximum atomic E-state index is 12.0. The van der Waals surface area contributed by atoms with Crippen LogP contribution in [0.25, 0.3) is 0 Å². The Hall–Kier alpha value is 2.75. The molecule has 0 bridgehead atoms. The van der Waals surface area contributed by atoms with Crippen molar-refractivity contribution in [3.63, 3.8) is 0 Å². The predicted octanol–water partition coefficient (Wildman–Crippen LogP) is 12.7.